The average molecular weight is 791 g/mol. The lowest BCUT2D eigenvalue weighted by Crippen LogP contribution is -2.56. The number of hydrogen-bond acceptors (Lipinski definition) is 10. The van der Waals surface area contributed by atoms with Crippen LogP contribution < -0.4 is 15.4 Å². The molecule has 2 saturated heterocycles. The SMILES string of the molecule is COc1ccc(C[C@@H]2C[C@@H](C(=O)NCc3ccc4c(c3)nnn4C)N(C(=O)C(CCC(=O)N3CCN(C(=O)OC(C)(C)C)C[C@@H]3C)NC(=O)OC(C)(C)C)C2)cc1. The summed E-state index contributed by atoms with van der Waals surface area (Å²) in [6.45, 7) is 13.8. The van der Waals surface area contributed by atoms with Gasteiger partial charge in [0, 0.05) is 52.2 Å². The number of rotatable bonds is 11. The van der Waals surface area contributed by atoms with Crippen LogP contribution in [-0.2, 0) is 43.9 Å². The third-order valence-electron chi connectivity index (χ3n) is 10.0. The number of amides is 5. The molecule has 0 bridgehead atoms. The number of aromatic nitrogens is 3. The van der Waals surface area contributed by atoms with Gasteiger partial charge in [-0.1, -0.05) is 23.4 Å². The highest BCUT2D eigenvalue weighted by atomic mass is 16.6. The van der Waals surface area contributed by atoms with Gasteiger partial charge >= 0.3 is 12.2 Å². The van der Waals surface area contributed by atoms with E-state index in [-0.39, 0.29) is 49.7 Å². The van der Waals surface area contributed by atoms with E-state index < -0.39 is 41.4 Å². The van der Waals surface area contributed by atoms with Crippen molar-refractivity contribution in [2.45, 2.75) is 110 Å². The van der Waals surface area contributed by atoms with Crippen LogP contribution in [0.15, 0.2) is 42.5 Å². The van der Waals surface area contributed by atoms with Crippen LogP contribution in [0.5, 0.6) is 5.75 Å². The molecule has 1 aromatic heterocycles. The van der Waals surface area contributed by atoms with Crippen LogP contribution in [0.1, 0.15) is 78.9 Å². The monoisotopic (exact) mass is 790 g/mol. The Balaban J connectivity index is 1.32. The highest BCUT2D eigenvalue weighted by molar-refractivity contribution is 5.92. The van der Waals surface area contributed by atoms with Gasteiger partial charge in [-0.2, -0.15) is 0 Å². The smallest absolute Gasteiger partial charge is 0.410 e. The Morgan fingerprint density at radius 2 is 1.58 bits per heavy atom. The maximum Gasteiger partial charge on any atom is 0.410 e. The van der Waals surface area contributed by atoms with E-state index >= 15 is 0 Å². The van der Waals surface area contributed by atoms with E-state index in [2.05, 4.69) is 20.9 Å². The van der Waals surface area contributed by atoms with E-state index in [1.54, 1.807) is 70.2 Å². The van der Waals surface area contributed by atoms with Gasteiger partial charge in [0.05, 0.1) is 12.6 Å². The molecule has 2 aromatic carbocycles. The number of ether oxygens (including phenoxy) is 3. The fourth-order valence-corrected chi connectivity index (χ4v) is 7.30. The molecule has 16 heteroatoms. The highest BCUT2D eigenvalue weighted by Crippen LogP contribution is 2.29. The number of methoxy groups -OCH3 is 1. The first-order chi connectivity index (χ1) is 26.8. The predicted molar refractivity (Wildman–Crippen MR) is 212 cm³/mol. The summed E-state index contributed by atoms with van der Waals surface area (Å²) < 4.78 is 18.1. The summed E-state index contributed by atoms with van der Waals surface area (Å²) >= 11 is 0. The largest absolute Gasteiger partial charge is 0.497 e. The fraction of sp³-hybridized carbons (Fsp3) is 0.585. The van der Waals surface area contributed by atoms with Crippen molar-refractivity contribution in [3.63, 3.8) is 0 Å². The average Bonchev–Trinajstić information content (AvgIpc) is 3.73. The summed E-state index contributed by atoms with van der Waals surface area (Å²) in [5.74, 6) is -0.370. The van der Waals surface area contributed by atoms with Crippen LogP contribution in [0, 0.1) is 5.92 Å². The molecule has 5 rings (SSSR count). The number of carbonyl (C=O) groups excluding carboxylic acids is 5. The van der Waals surface area contributed by atoms with Crippen molar-refractivity contribution in [2.75, 3.05) is 33.3 Å². The number of nitrogens with one attached hydrogen (secondary N) is 2. The van der Waals surface area contributed by atoms with Crippen LogP contribution in [-0.4, -0.2) is 122 Å². The minimum Gasteiger partial charge on any atom is -0.497 e. The van der Waals surface area contributed by atoms with Crippen molar-refractivity contribution in [3.8, 4) is 5.75 Å². The molecule has 3 aromatic rings. The second-order valence-corrected chi connectivity index (χ2v) is 17.0. The van der Waals surface area contributed by atoms with Crippen LogP contribution in [0.2, 0.25) is 0 Å². The van der Waals surface area contributed by atoms with E-state index in [0.29, 0.717) is 38.0 Å². The number of piperazine rings is 1. The van der Waals surface area contributed by atoms with Crippen molar-refractivity contribution in [1.29, 1.82) is 0 Å². The second-order valence-electron chi connectivity index (χ2n) is 17.0. The Morgan fingerprint density at radius 3 is 2.23 bits per heavy atom. The summed E-state index contributed by atoms with van der Waals surface area (Å²) in [6, 6.07) is 11.0. The topological polar surface area (TPSA) is 178 Å². The first-order valence-corrected chi connectivity index (χ1v) is 19.6. The molecule has 3 heterocycles. The Labute approximate surface area is 334 Å². The van der Waals surface area contributed by atoms with Gasteiger partial charge in [0.1, 0.15) is 34.6 Å². The number of fused-ring (bicyclic) bond motifs is 1. The molecule has 0 spiro atoms. The van der Waals surface area contributed by atoms with Gasteiger partial charge < -0.3 is 39.5 Å². The zero-order valence-electron chi connectivity index (χ0n) is 34.7. The number of hydrogen-bond donors (Lipinski definition) is 2. The molecule has 57 heavy (non-hydrogen) atoms. The number of likely N-dealkylation sites (tertiary alicyclic amines) is 1. The van der Waals surface area contributed by atoms with Crippen LogP contribution in [0.4, 0.5) is 9.59 Å². The molecule has 1 unspecified atom stereocenters. The molecular formula is C41H58N8O8. The maximum atomic E-state index is 14.6. The molecule has 16 nitrogen and oxygen atoms in total. The minimum atomic E-state index is -1.16. The number of carbonyl (C=O) groups is 5. The summed E-state index contributed by atoms with van der Waals surface area (Å²) in [4.78, 5) is 73.0. The summed E-state index contributed by atoms with van der Waals surface area (Å²) in [5, 5.41) is 14.0. The Kier molecular flexibility index (Phi) is 13.3. The molecule has 4 atom stereocenters. The Hall–Kier alpha value is -5.41. The molecular weight excluding hydrogens is 732 g/mol. The van der Waals surface area contributed by atoms with Gasteiger partial charge in [0.2, 0.25) is 17.7 Å². The molecule has 2 aliphatic rings. The lowest BCUT2D eigenvalue weighted by molar-refractivity contribution is -0.141. The lowest BCUT2D eigenvalue weighted by atomic mass is 9.96. The number of alkyl carbamates (subject to hydrolysis) is 1. The van der Waals surface area contributed by atoms with Crippen molar-refractivity contribution in [3.05, 3.63) is 53.6 Å². The molecule has 2 N–H and O–H groups in total. The van der Waals surface area contributed by atoms with Crippen LogP contribution in [0.25, 0.3) is 11.0 Å². The Morgan fingerprint density at radius 1 is 0.895 bits per heavy atom. The minimum absolute atomic E-state index is 0.0258. The van der Waals surface area contributed by atoms with E-state index in [1.807, 2.05) is 49.4 Å². The van der Waals surface area contributed by atoms with Gasteiger partial charge in [0.15, 0.2) is 0 Å². The zero-order chi connectivity index (χ0) is 41.7. The quantitative estimate of drug-likeness (QED) is 0.286. The lowest BCUT2D eigenvalue weighted by Gasteiger charge is -2.40. The van der Waals surface area contributed by atoms with Crippen molar-refractivity contribution < 1.29 is 38.2 Å². The first kappa shape index (κ1) is 42.7. The third-order valence-corrected chi connectivity index (χ3v) is 10.0. The summed E-state index contributed by atoms with van der Waals surface area (Å²) in [7, 11) is 3.41. The van der Waals surface area contributed by atoms with Crippen LogP contribution in [0.3, 0.4) is 0 Å². The van der Waals surface area contributed by atoms with E-state index in [0.717, 1.165) is 22.4 Å². The zero-order valence-corrected chi connectivity index (χ0v) is 34.7. The van der Waals surface area contributed by atoms with Gasteiger partial charge in [-0.25, -0.2) is 14.3 Å². The van der Waals surface area contributed by atoms with Gasteiger partial charge in [-0.05, 0) is 109 Å². The molecule has 5 amide bonds. The first-order valence-electron chi connectivity index (χ1n) is 19.6. The molecule has 0 radical (unpaired) electrons. The molecule has 0 saturated carbocycles. The number of nitrogens with zero attached hydrogens (tertiary/aromatic N) is 6. The van der Waals surface area contributed by atoms with E-state index in [1.165, 1.54) is 4.90 Å². The van der Waals surface area contributed by atoms with Gasteiger partial charge in [-0.3, -0.25) is 14.4 Å². The normalized spacial score (nSPS) is 19.2. The molecule has 310 valence electrons. The molecule has 0 aliphatic carbocycles. The molecule has 2 aliphatic heterocycles. The standard InChI is InChI=1S/C41H58N8O8/c1-26-24-47(39(54)57-41(5,6)7)18-19-48(26)35(50)17-15-31(43-38(53)56-40(2,3)4)37(52)49-25-29(20-27-10-13-30(55-9)14-11-27)22-34(49)36(51)42-23-28-12-16-33-32(21-28)44-45-46(33)8/h10-14,16,21,26,29,31,34H,15,17-20,22-25H2,1-9H3,(H,42,51)(H,43,53)/t26-,29+,31?,34-/m0/s1. The maximum absolute atomic E-state index is 14.6. The van der Waals surface area contributed by atoms with E-state index in [4.69, 9.17) is 14.2 Å². The third kappa shape index (κ3) is 11.6. The van der Waals surface area contributed by atoms with Crippen molar-refractivity contribution >= 4 is 40.9 Å². The van der Waals surface area contributed by atoms with Crippen molar-refractivity contribution in [1.82, 2.24) is 40.3 Å². The van der Waals surface area contributed by atoms with E-state index in [9.17, 15) is 24.0 Å². The van der Waals surface area contributed by atoms with Gasteiger partial charge in [0.25, 0.3) is 0 Å². The summed E-state index contributed by atoms with van der Waals surface area (Å²) in [6.07, 6.45) is -0.326. The summed E-state index contributed by atoms with van der Waals surface area (Å²) in [5.41, 5.74) is 1.93. The number of aryl methyl sites for hydroxylation is 1. The predicted octanol–water partition coefficient (Wildman–Crippen LogP) is 4.19. The molecule has 2 fully saturated rings. The number of benzene rings is 2. The van der Waals surface area contributed by atoms with Crippen molar-refractivity contribution in [2.24, 2.45) is 13.0 Å². The fourth-order valence-electron chi connectivity index (χ4n) is 7.30. The Bertz CT molecular complexity index is 1920. The second kappa shape index (κ2) is 17.8. The van der Waals surface area contributed by atoms with Gasteiger partial charge in [-0.15, -0.1) is 5.10 Å². The highest BCUT2D eigenvalue weighted by Gasteiger charge is 2.43. The van der Waals surface area contributed by atoms with Crippen LogP contribution >= 0.6 is 0 Å².